The second kappa shape index (κ2) is 5.11. The minimum Gasteiger partial charge on any atom is -0.476 e. The van der Waals surface area contributed by atoms with Crippen molar-refractivity contribution in [3.05, 3.63) is 41.2 Å². The molecule has 0 saturated carbocycles. The first-order valence-corrected chi connectivity index (χ1v) is 5.16. The predicted molar refractivity (Wildman–Crippen MR) is 58.9 cm³/mol. The van der Waals surface area contributed by atoms with Crippen LogP contribution in [0, 0.1) is 11.6 Å². The predicted octanol–water partition coefficient (Wildman–Crippen LogP) is 1.39. The number of carbonyl (C=O) groups is 1. The highest BCUT2D eigenvalue weighted by molar-refractivity contribution is 5.86. The van der Waals surface area contributed by atoms with E-state index in [4.69, 9.17) is 9.84 Å². The Morgan fingerprint density at radius 2 is 2.00 bits per heavy atom. The van der Waals surface area contributed by atoms with Crippen molar-refractivity contribution in [2.45, 2.75) is 6.61 Å². The largest absolute Gasteiger partial charge is 0.476 e. The van der Waals surface area contributed by atoms with Gasteiger partial charge in [0, 0.05) is 13.2 Å². The summed E-state index contributed by atoms with van der Waals surface area (Å²) in [5.74, 6) is -2.90. The van der Waals surface area contributed by atoms with Crippen molar-refractivity contribution in [2.75, 3.05) is 7.11 Å². The molecule has 0 aliphatic heterocycles. The quantitative estimate of drug-likeness (QED) is 0.907. The van der Waals surface area contributed by atoms with Crippen molar-refractivity contribution in [1.82, 2.24) is 15.0 Å². The van der Waals surface area contributed by atoms with Gasteiger partial charge in [-0.2, -0.15) is 0 Å². The summed E-state index contributed by atoms with van der Waals surface area (Å²) >= 11 is 0. The molecule has 0 saturated heterocycles. The van der Waals surface area contributed by atoms with Crippen molar-refractivity contribution in [3.63, 3.8) is 0 Å². The van der Waals surface area contributed by atoms with Gasteiger partial charge in [-0.05, 0) is 12.1 Å². The summed E-state index contributed by atoms with van der Waals surface area (Å²) in [6, 6.07) is 2.74. The fourth-order valence-corrected chi connectivity index (χ4v) is 1.60. The highest BCUT2D eigenvalue weighted by atomic mass is 19.1. The molecule has 6 nitrogen and oxygen atoms in total. The van der Waals surface area contributed by atoms with Gasteiger partial charge in [0.2, 0.25) is 0 Å². The molecule has 2 rings (SSSR count). The molecule has 0 bridgehead atoms. The average Bonchev–Trinajstić information content (AvgIpc) is 2.72. The first-order chi connectivity index (χ1) is 9.02. The molecule has 100 valence electrons. The van der Waals surface area contributed by atoms with Crippen LogP contribution in [0.1, 0.15) is 16.2 Å². The standard InChI is InChI=1S/C11H9F2N3O3/c1-19-5-9-10(11(17)18)14-15-16(9)8-3-6(12)2-7(13)4-8/h2-4H,5H2,1H3,(H,17,18). The fourth-order valence-electron chi connectivity index (χ4n) is 1.60. The van der Waals surface area contributed by atoms with Gasteiger partial charge in [0.25, 0.3) is 0 Å². The van der Waals surface area contributed by atoms with E-state index >= 15 is 0 Å². The zero-order valence-corrected chi connectivity index (χ0v) is 9.80. The van der Waals surface area contributed by atoms with Crippen LogP contribution in [0.2, 0.25) is 0 Å². The summed E-state index contributed by atoms with van der Waals surface area (Å²) in [4.78, 5) is 11.0. The van der Waals surface area contributed by atoms with Gasteiger partial charge >= 0.3 is 5.97 Å². The number of halogens is 2. The third kappa shape index (κ3) is 2.58. The molecule has 2 aromatic rings. The van der Waals surface area contributed by atoms with Crippen LogP contribution in [-0.2, 0) is 11.3 Å². The number of hydrogen-bond acceptors (Lipinski definition) is 4. The van der Waals surface area contributed by atoms with Crippen LogP contribution in [0.5, 0.6) is 0 Å². The summed E-state index contributed by atoms with van der Waals surface area (Å²) in [5.41, 5.74) is -0.198. The summed E-state index contributed by atoms with van der Waals surface area (Å²) in [6.45, 7) is -0.104. The monoisotopic (exact) mass is 269 g/mol. The molecule has 1 aromatic heterocycles. The third-order valence-electron chi connectivity index (χ3n) is 2.34. The van der Waals surface area contributed by atoms with E-state index in [1.807, 2.05) is 0 Å². The van der Waals surface area contributed by atoms with Crippen LogP contribution in [0.3, 0.4) is 0 Å². The molecule has 0 radical (unpaired) electrons. The minimum atomic E-state index is -1.30. The Bertz CT molecular complexity index is 607. The van der Waals surface area contributed by atoms with Crippen LogP contribution < -0.4 is 0 Å². The van der Waals surface area contributed by atoms with E-state index in [9.17, 15) is 13.6 Å². The topological polar surface area (TPSA) is 77.2 Å². The van der Waals surface area contributed by atoms with E-state index in [1.165, 1.54) is 7.11 Å². The van der Waals surface area contributed by atoms with Crippen LogP contribution in [-0.4, -0.2) is 33.2 Å². The van der Waals surface area contributed by atoms with E-state index in [-0.39, 0.29) is 23.7 Å². The molecule has 0 unspecified atom stereocenters. The molecule has 1 aromatic carbocycles. The molecular formula is C11H9F2N3O3. The Morgan fingerprint density at radius 3 is 2.53 bits per heavy atom. The highest BCUT2D eigenvalue weighted by Gasteiger charge is 2.20. The van der Waals surface area contributed by atoms with Gasteiger partial charge in [0.05, 0.1) is 12.3 Å². The molecule has 0 aliphatic carbocycles. The third-order valence-corrected chi connectivity index (χ3v) is 2.34. The molecule has 8 heteroatoms. The fraction of sp³-hybridized carbons (Fsp3) is 0.182. The van der Waals surface area contributed by atoms with Gasteiger partial charge in [-0.15, -0.1) is 5.10 Å². The van der Waals surface area contributed by atoms with Crippen molar-refractivity contribution in [3.8, 4) is 5.69 Å². The van der Waals surface area contributed by atoms with Crippen LogP contribution in [0.4, 0.5) is 8.78 Å². The second-order valence-corrected chi connectivity index (χ2v) is 3.66. The van der Waals surface area contributed by atoms with E-state index in [0.29, 0.717) is 6.07 Å². The number of carboxylic acids is 1. The smallest absolute Gasteiger partial charge is 0.358 e. The normalized spacial score (nSPS) is 10.7. The molecule has 19 heavy (non-hydrogen) atoms. The molecule has 0 atom stereocenters. The van der Waals surface area contributed by atoms with E-state index in [0.717, 1.165) is 16.8 Å². The SMILES string of the molecule is COCc1c(C(=O)O)nnn1-c1cc(F)cc(F)c1. The lowest BCUT2D eigenvalue weighted by atomic mass is 10.2. The number of methoxy groups -OCH3 is 1. The van der Waals surface area contributed by atoms with Crippen molar-refractivity contribution in [1.29, 1.82) is 0 Å². The van der Waals surface area contributed by atoms with Gasteiger partial charge < -0.3 is 9.84 Å². The Kier molecular flexibility index (Phi) is 3.52. The maximum Gasteiger partial charge on any atom is 0.358 e. The average molecular weight is 269 g/mol. The summed E-state index contributed by atoms with van der Waals surface area (Å²) in [7, 11) is 1.36. The first kappa shape index (κ1) is 13.1. The highest BCUT2D eigenvalue weighted by Crippen LogP contribution is 2.16. The van der Waals surface area contributed by atoms with Crippen LogP contribution in [0.25, 0.3) is 5.69 Å². The van der Waals surface area contributed by atoms with Crippen LogP contribution in [0.15, 0.2) is 18.2 Å². The lowest BCUT2D eigenvalue weighted by Gasteiger charge is -2.06. The number of benzene rings is 1. The zero-order chi connectivity index (χ0) is 14.0. The van der Waals surface area contributed by atoms with Crippen molar-refractivity contribution in [2.24, 2.45) is 0 Å². The zero-order valence-electron chi connectivity index (χ0n) is 9.80. The van der Waals surface area contributed by atoms with Crippen molar-refractivity contribution >= 4 is 5.97 Å². The summed E-state index contributed by atoms with van der Waals surface area (Å²) < 4.78 is 32.2. The number of nitrogens with zero attached hydrogens (tertiary/aromatic N) is 3. The Morgan fingerprint density at radius 1 is 1.37 bits per heavy atom. The summed E-state index contributed by atoms with van der Waals surface area (Å²) in [5, 5.41) is 16.0. The van der Waals surface area contributed by atoms with E-state index < -0.39 is 17.6 Å². The molecule has 1 heterocycles. The number of ether oxygens (including phenoxy) is 1. The maximum atomic E-state index is 13.1. The minimum absolute atomic E-state index is 0.0320. The Hall–Kier alpha value is -2.35. The molecule has 0 amide bonds. The number of aromatic carboxylic acids is 1. The van der Waals surface area contributed by atoms with E-state index in [1.54, 1.807) is 0 Å². The Balaban J connectivity index is 2.58. The second-order valence-electron chi connectivity index (χ2n) is 3.66. The van der Waals surface area contributed by atoms with Gasteiger partial charge in [-0.1, -0.05) is 5.21 Å². The lowest BCUT2D eigenvalue weighted by Crippen LogP contribution is -2.08. The lowest BCUT2D eigenvalue weighted by molar-refractivity contribution is 0.0685. The molecule has 0 aliphatic rings. The molecule has 1 N–H and O–H groups in total. The van der Waals surface area contributed by atoms with Crippen molar-refractivity contribution < 1.29 is 23.4 Å². The number of hydrogen-bond donors (Lipinski definition) is 1. The number of carboxylic acid groups (broad SMARTS) is 1. The number of rotatable bonds is 4. The molecule has 0 fully saturated rings. The van der Waals surface area contributed by atoms with Gasteiger partial charge in [-0.25, -0.2) is 18.3 Å². The van der Waals surface area contributed by atoms with E-state index in [2.05, 4.69) is 10.3 Å². The van der Waals surface area contributed by atoms with Gasteiger partial charge in [0.1, 0.15) is 17.3 Å². The molecule has 0 spiro atoms. The Labute approximate surface area is 106 Å². The van der Waals surface area contributed by atoms with Crippen LogP contribution >= 0.6 is 0 Å². The van der Waals surface area contributed by atoms with Gasteiger partial charge in [0.15, 0.2) is 5.69 Å². The number of aromatic nitrogens is 3. The maximum absolute atomic E-state index is 13.1. The molecular weight excluding hydrogens is 260 g/mol. The van der Waals surface area contributed by atoms with Gasteiger partial charge in [-0.3, -0.25) is 0 Å². The summed E-state index contributed by atoms with van der Waals surface area (Å²) in [6.07, 6.45) is 0. The first-order valence-electron chi connectivity index (χ1n) is 5.16.